The molecule has 2 bridgehead atoms. The third-order valence-corrected chi connectivity index (χ3v) is 7.55. The van der Waals surface area contributed by atoms with E-state index in [9.17, 15) is 4.79 Å². The van der Waals surface area contributed by atoms with Gasteiger partial charge in [-0.2, -0.15) is 5.10 Å². The molecule has 36 heavy (non-hydrogen) atoms. The fourth-order valence-electron chi connectivity index (χ4n) is 5.92. The molecule has 2 aromatic rings. The zero-order valence-corrected chi connectivity index (χ0v) is 23.8. The first-order valence-corrected chi connectivity index (χ1v) is 13.4. The summed E-state index contributed by atoms with van der Waals surface area (Å²) in [6.45, 7) is 13.1. The van der Waals surface area contributed by atoms with Gasteiger partial charge in [0, 0.05) is 45.2 Å². The molecule has 0 radical (unpaired) electrons. The van der Waals surface area contributed by atoms with Crippen LogP contribution in [0.5, 0.6) is 0 Å². The Morgan fingerprint density at radius 3 is 2.67 bits per heavy atom. The van der Waals surface area contributed by atoms with Gasteiger partial charge in [0.05, 0.1) is 17.9 Å². The summed E-state index contributed by atoms with van der Waals surface area (Å²) in [6, 6.07) is 13.5. The van der Waals surface area contributed by atoms with Crippen LogP contribution in [0.15, 0.2) is 36.4 Å². The van der Waals surface area contributed by atoms with E-state index in [1.807, 2.05) is 11.8 Å². The molecule has 2 saturated heterocycles. The molecule has 2 aliphatic heterocycles. The Labute approximate surface area is 230 Å². The maximum Gasteiger partial charge on any atom is 0.222 e. The average molecular weight is 539 g/mol. The first-order chi connectivity index (χ1) is 16.6. The Hall–Kier alpha value is -1.60. The van der Waals surface area contributed by atoms with Gasteiger partial charge in [-0.3, -0.25) is 14.4 Å². The van der Waals surface area contributed by atoms with Crippen molar-refractivity contribution in [2.45, 2.75) is 78.6 Å². The van der Waals surface area contributed by atoms with E-state index in [1.54, 1.807) is 0 Å². The minimum Gasteiger partial charge on any atom is -0.337 e. The van der Waals surface area contributed by atoms with Gasteiger partial charge in [-0.05, 0) is 69.5 Å². The molecule has 3 atom stereocenters. The number of rotatable bonds is 11. The second-order valence-electron chi connectivity index (χ2n) is 10.4. The minimum atomic E-state index is 0. The maximum atomic E-state index is 13.0. The Balaban J connectivity index is 0.00000228. The summed E-state index contributed by atoms with van der Waals surface area (Å²) < 4.78 is 2.07. The fraction of sp³-hybridized carbons (Fsp3) is 0.643. The van der Waals surface area contributed by atoms with E-state index in [-0.39, 0.29) is 30.7 Å². The fourth-order valence-corrected chi connectivity index (χ4v) is 5.92. The van der Waals surface area contributed by atoms with Crippen molar-refractivity contribution in [3.05, 3.63) is 53.3 Å². The molecule has 2 aliphatic rings. The predicted octanol–water partition coefficient (Wildman–Crippen LogP) is 5.07. The van der Waals surface area contributed by atoms with Crippen molar-refractivity contribution in [1.29, 1.82) is 0 Å². The number of nitrogens with one attached hydrogen (secondary N) is 1. The molecule has 1 N–H and O–H groups in total. The molecule has 0 spiro atoms. The molecule has 0 aliphatic carbocycles. The van der Waals surface area contributed by atoms with Crippen molar-refractivity contribution in [3.63, 3.8) is 0 Å². The third-order valence-electron chi connectivity index (χ3n) is 7.55. The number of hydrogen-bond donors (Lipinski definition) is 1. The zero-order valence-electron chi connectivity index (χ0n) is 22.2. The van der Waals surface area contributed by atoms with E-state index >= 15 is 0 Å². The maximum absolute atomic E-state index is 13.0. The number of fused-ring (bicyclic) bond motifs is 2. The second kappa shape index (κ2) is 15.0. The van der Waals surface area contributed by atoms with Gasteiger partial charge in [0.15, 0.2) is 0 Å². The van der Waals surface area contributed by atoms with Crippen molar-refractivity contribution in [3.8, 4) is 0 Å². The molecule has 1 aromatic heterocycles. The standard InChI is InChI=1S/C28H43N5O.2ClH/c1-4-14-33-26(15-22(3)30-33)21-32(5-2)28(34)13-9-12-27-25-16-24(17-29-27)19-31(20-25)18-23-10-7-6-8-11-23;;/h6-8,10-11,15,24-25,27,29H,4-5,9,12-14,16-21H2,1-3H3;2*1H/t24?,25?,27-;;/m1../s1. The number of carbonyl (C=O) groups is 1. The second-order valence-corrected chi connectivity index (χ2v) is 10.4. The van der Waals surface area contributed by atoms with Crippen molar-refractivity contribution in [1.82, 2.24) is 24.9 Å². The summed E-state index contributed by atoms with van der Waals surface area (Å²) in [4.78, 5) is 17.7. The van der Waals surface area contributed by atoms with E-state index in [0.29, 0.717) is 24.9 Å². The summed E-state index contributed by atoms with van der Waals surface area (Å²) in [5.74, 6) is 1.72. The van der Waals surface area contributed by atoms with Gasteiger partial charge in [0.25, 0.3) is 0 Å². The van der Waals surface area contributed by atoms with Gasteiger partial charge >= 0.3 is 0 Å². The van der Waals surface area contributed by atoms with Crippen LogP contribution in [0.4, 0.5) is 0 Å². The van der Waals surface area contributed by atoms with Crippen molar-refractivity contribution < 1.29 is 4.79 Å². The van der Waals surface area contributed by atoms with E-state index in [1.165, 1.54) is 25.1 Å². The van der Waals surface area contributed by atoms with E-state index < -0.39 is 0 Å². The predicted molar refractivity (Wildman–Crippen MR) is 152 cm³/mol. The Morgan fingerprint density at radius 2 is 1.94 bits per heavy atom. The minimum absolute atomic E-state index is 0. The third kappa shape index (κ3) is 8.20. The van der Waals surface area contributed by atoms with Crippen LogP contribution in [0.25, 0.3) is 0 Å². The smallest absolute Gasteiger partial charge is 0.222 e. The molecule has 3 heterocycles. The molecule has 2 unspecified atom stereocenters. The number of likely N-dealkylation sites (tertiary alicyclic amines) is 1. The van der Waals surface area contributed by atoms with Crippen LogP contribution < -0.4 is 5.32 Å². The normalized spacial score (nSPS) is 21.4. The highest BCUT2D eigenvalue weighted by atomic mass is 35.5. The van der Waals surface area contributed by atoms with Gasteiger partial charge < -0.3 is 10.2 Å². The number of aromatic nitrogens is 2. The van der Waals surface area contributed by atoms with Crippen LogP contribution in [0.2, 0.25) is 0 Å². The lowest BCUT2D eigenvalue weighted by Gasteiger charge is -2.46. The number of aryl methyl sites for hydroxylation is 2. The van der Waals surface area contributed by atoms with Crippen molar-refractivity contribution in [2.75, 3.05) is 26.2 Å². The van der Waals surface area contributed by atoms with E-state index in [4.69, 9.17) is 0 Å². The van der Waals surface area contributed by atoms with Gasteiger partial charge in [0.1, 0.15) is 0 Å². The summed E-state index contributed by atoms with van der Waals surface area (Å²) in [7, 11) is 0. The highest BCUT2D eigenvalue weighted by Gasteiger charge is 2.36. The largest absolute Gasteiger partial charge is 0.337 e. The number of halogens is 2. The summed E-state index contributed by atoms with van der Waals surface area (Å²) in [6.07, 6.45) is 5.07. The number of carbonyl (C=O) groups excluding carboxylic acids is 1. The molecule has 8 heteroatoms. The molecule has 0 saturated carbocycles. The lowest BCUT2D eigenvalue weighted by Crippen LogP contribution is -2.55. The van der Waals surface area contributed by atoms with Crippen LogP contribution in [0.3, 0.4) is 0 Å². The van der Waals surface area contributed by atoms with Gasteiger partial charge in [-0.1, -0.05) is 37.3 Å². The first-order valence-electron chi connectivity index (χ1n) is 13.4. The number of piperidine rings is 2. The topological polar surface area (TPSA) is 53.4 Å². The average Bonchev–Trinajstić information content (AvgIpc) is 3.18. The summed E-state index contributed by atoms with van der Waals surface area (Å²) in [5.41, 5.74) is 3.59. The number of nitrogens with zero attached hydrogens (tertiary/aromatic N) is 4. The van der Waals surface area contributed by atoms with E-state index in [2.05, 4.69) is 70.2 Å². The highest BCUT2D eigenvalue weighted by molar-refractivity contribution is 5.85. The van der Waals surface area contributed by atoms with Gasteiger partial charge in [-0.25, -0.2) is 0 Å². The monoisotopic (exact) mass is 537 g/mol. The van der Waals surface area contributed by atoms with Crippen LogP contribution in [-0.2, 0) is 24.4 Å². The van der Waals surface area contributed by atoms with Crippen LogP contribution in [0.1, 0.15) is 62.9 Å². The highest BCUT2D eigenvalue weighted by Crippen LogP contribution is 2.31. The molecule has 6 nitrogen and oxygen atoms in total. The van der Waals surface area contributed by atoms with E-state index in [0.717, 1.165) is 62.7 Å². The Morgan fingerprint density at radius 1 is 1.17 bits per heavy atom. The number of hydrogen-bond acceptors (Lipinski definition) is 4. The summed E-state index contributed by atoms with van der Waals surface area (Å²) in [5, 5.41) is 8.42. The Bertz CT molecular complexity index is 922. The first kappa shape index (κ1) is 30.6. The van der Waals surface area contributed by atoms with Crippen LogP contribution in [0, 0.1) is 18.8 Å². The van der Waals surface area contributed by atoms with Crippen molar-refractivity contribution >= 4 is 30.7 Å². The molecule has 2 fully saturated rings. The number of amides is 1. The van der Waals surface area contributed by atoms with Crippen LogP contribution in [-0.4, -0.2) is 57.7 Å². The molecular weight excluding hydrogens is 493 g/mol. The Kier molecular flexibility index (Phi) is 12.7. The van der Waals surface area contributed by atoms with Gasteiger partial charge in [0.2, 0.25) is 5.91 Å². The SMILES string of the molecule is CCCn1nc(C)cc1CN(CC)C(=O)CCC[C@H]1NCC2CC1CN(Cc1ccccc1)C2.Cl.Cl. The quantitative estimate of drug-likeness (QED) is 0.434. The molecule has 1 aromatic carbocycles. The molecule has 4 rings (SSSR count). The van der Waals surface area contributed by atoms with Crippen molar-refractivity contribution in [2.24, 2.45) is 11.8 Å². The molecular formula is C28H45Cl2N5O. The molecule has 1 amide bonds. The molecule has 202 valence electrons. The number of benzene rings is 1. The zero-order chi connectivity index (χ0) is 23.9. The lowest BCUT2D eigenvalue weighted by molar-refractivity contribution is -0.131. The van der Waals surface area contributed by atoms with Crippen LogP contribution >= 0.6 is 24.8 Å². The summed E-state index contributed by atoms with van der Waals surface area (Å²) >= 11 is 0. The van der Waals surface area contributed by atoms with Gasteiger partial charge in [-0.15, -0.1) is 24.8 Å². The lowest BCUT2D eigenvalue weighted by atomic mass is 9.79.